The van der Waals surface area contributed by atoms with Crippen molar-refractivity contribution in [1.29, 1.82) is 0 Å². The van der Waals surface area contributed by atoms with Gasteiger partial charge in [-0.25, -0.2) is 0 Å². The van der Waals surface area contributed by atoms with Gasteiger partial charge in [0, 0.05) is 0 Å². The van der Waals surface area contributed by atoms with Gasteiger partial charge in [0.2, 0.25) is 5.91 Å². The number of carbonyl (C=O) groups is 1. The van der Waals surface area contributed by atoms with Gasteiger partial charge < -0.3 is 15.8 Å². The van der Waals surface area contributed by atoms with E-state index < -0.39 is 5.54 Å². The Bertz CT molecular complexity index is 460. The van der Waals surface area contributed by atoms with Crippen LogP contribution in [0.5, 0.6) is 5.75 Å². The second-order valence-corrected chi connectivity index (χ2v) is 5.42. The molecule has 0 radical (unpaired) electrons. The summed E-state index contributed by atoms with van der Waals surface area (Å²) in [6, 6.07) is 6.06. The van der Waals surface area contributed by atoms with Gasteiger partial charge in [-0.3, -0.25) is 4.79 Å². The summed E-state index contributed by atoms with van der Waals surface area (Å²) in [4.78, 5) is 11.5. The smallest absolute Gasteiger partial charge is 0.237 e. The molecular weight excluding hydrogens is 252 g/mol. The van der Waals surface area contributed by atoms with E-state index in [9.17, 15) is 4.79 Å². The van der Waals surface area contributed by atoms with Crippen LogP contribution in [0.4, 0.5) is 0 Å². The molecule has 0 heterocycles. The first kappa shape index (κ1) is 16.5. The molecule has 0 aromatic heterocycles. The Morgan fingerprint density at radius 2 is 2.05 bits per heavy atom. The summed E-state index contributed by atoms with van der Waals surface area (Å²) in [6.45, 7) is 9.25. The fourth-order valence-electron chi connectivity index (χ4n) is 2.11. The van der Waals surface area contributed by atoms with Crippen molar-refractivity contribution < 1.29 is 9.53 Å². The number of benzene rings is 1. The largest absolute Gasteiger partial charge is 0.494 e. The first-order chi connectivity index (χ1) is 9.39. The standard InChI is InChI=1S/C16H26N2O2/c1-5-18-16(4,15(17)19)9-6-10-20-14-8-7-12(2)13(3)11-14/h7-8,11,18H,5-6,9-10H2,1-4H3,(H2,17,19). The molecular formula is C16H26N2O2. The van der Waals surface area contributed by atoms with E-state index in [0.29, 0.717) is 13.0 Å². The lowest BCUT2D eigenvalue weighted by atomic mass is 9.95. The average molecular weight is 278 g/mol. The van der Waals surface area contributed by atoms with Crippen molar-refractivity contribution in [2.45, 2.75) is 46.1 Å². The van der Waals surface area contributed by atoms with Gasteiger partial charge in [0.1, 0.15) is 5.75 Å². The molecule has 0 fully saturated rings. The van der Waals surface area contributed by atoms with Crippen molar-refractivity contribution in [3.63, 3.8) is 0 Å². The highest BCUT2D eigenvalue weighted by molar-refractivity contribution is 5.84. The minimum atomic E-state index is -0.651. The molecule has 0 saturated carbocycles. The van der Waals surface area contributed by atoms with E-state index in [1.807, 2.05) is 26.0 Å². The molecule has 0 saturated heterocycles. The average Bonchev–Trinajstić information content (AvgIpc) is 2.39. The quantitative estimate of drug-likeness (QED) is 0.717. The lowest BCUT2D eigenvalue weighted by molar-refractivity contribution is -0.124. The van der Waals surface area contributed by atoms with Gasteiger partial charge in [-0.05, 0) is 63.4 Å². The molecule has 1 atom stereocenters. The third-order valence-electron chi connectivity index (χ3n) is 3.68. The third-order valence-corrected chi connectivity index (χ3v) is 3.68. The van der Waals surface area contributed by atoms with Crippen molar-refractivity contribution in [2.75, 3.05) is 13.2 Å². The van der Waals surface area contributed by atoms with E-state index in [4.69, 9.17) is 10.5 Å². The number of nitrogens with one attached hydrogen (secondary N) is 1. The maximum atomic E-state index is 11.5. The fourth-order valence-corrected chi connectivity index (χ4v) is 2.11. The van der Waals surface area contributed by atoms with Gasteiger partial charge >= 0.3 is 0 Å². The second-order valence-electron chi connectivity index (χ2n) is 5.42. The molecule has 1 aromatic rings. The predicted molar refractivity (Wildman–Crippen MR) is 81.9 cm³/mol. The van der Waals surface area contributed by atoms with E-state index in [1.54, 1.807) is 0 Å². The minimum Gasteiger partial charge on any atom is -0.494 e. The first-order valence-electron chi connectivity index (χ1n) is 7.14. The molecule has 4 heteroatoms. The maximum absolute atomic E-state index is 11.5. The van der Waals surface area contributed by atoms with Crippen molar-refractivity contribution in [1.82, 2.24) is 5.32 Å². The third kappa shape index (κ3) is 4.53. The maximum Gasteiger partial charge on any atom is 0.237 e. The number of nitrogens with two attached hydrogens (primary N) is 1. The van der Waals surface area contributed by atoms with Crippen LogP contribution in [0, 0.1) is 13.8 Å². The topological polar surface area (TPSA) is 64.3 Å². The molecule has 1 rings (SSSR count). The van der Waals surface area contributed by atoms with Gasteiger partial charge in [-0.15, -0.1) is 0 Å². The zero-order valence-electron chi connectivity index (χ0n) is 13.0. The molecule has 0 bridgehead atoms. The highest BCUT2D eigenvalue weighted by atomic mass is 16.5. The minimum absolute atomic E-state index is 0.314. The Morgan fingerprint density at radius 3 is 2.60 bits per heavy atom. The Hall–Kier alpha value is -1.55. The molecule has 112 valence electrons. The number of rotatable bonds is 8. The molecule has 0 spiro atoms. The molecule has 1 amide bonds. The van der Waals surface area contributed by atoms with Crippen LogP contribution in [0.3, 0.4) is 0 Å². The number of primary amides is 1. The molecule has 0 aliphatic carbocycles. The molecule has 3 N–H and O–H groups in total. The summed E-state index contributed by atoms with van der Waals surface area (Å²) in [7, 11) is 0. The highest BCUT2D eigenvalue weighted by Crippen LogP contribution is 2.18. The monoisotopic (exact) mass is 278 g/mol. The fraction of sp³-hybridized carbons (Fsp3) is 0.562. The van der Waals surface area contributed by atoms with Gasteiger partial charge in [-0.1, -0.05) is 13.0 Å². The highest BCUT2D eigenvalue weighted by Gasteiger charge is 2.29. The van der Waals surface area contributed by atoms with Crippen LogP contribution in [-0.4, -0.2) is 24.6 Å². The molecule has 0 aliphatic heterocycles. The van der Waals surface area contributed by atoms with Crippen molar-refractivity contribution in [3.8, 4) is 5.75 Å². The molecule has 1 unspecified atom stereocenters. The number of ether oxygens (including phenoxy) is 1. The number of amides is 1. The van der Waals surface area contributed by atoms with Crippen LogP contribution >= 0.6 is 0 Å². The second kappa shape index (κ2) is 7.29. The SMILES string of the molecule is CCNC(C)(CCCOc1ccc(C)c(C)c1)C(N)=O. The van der Waals surface area contributed by atoms with E-state index >= 15 is 0 Å². The van der Waals surface area contributed by atoms with Gasteiger partial charge in [-0.2, -0.15) is 0 Å². The van der Waals surface area contributed by atoms with Crippen LogP contribution < -0.4 is 15.8 Å². The van der Waals surface area contributed by atoms with E-state index in [0.717, 1.165) is 18.7 Å². The first-order valence-corrected chi connectivity index (χ1v) is 7.14. The number of aryl methyl sites for hydroxylation is 2. The summed E-state index contributed by atoms with van der Waals surface area (Å²) in [5, 5.41) is 3.14. The predicted octanol–water partition coefficient (Wildman–Crippen LogP) is 2.32. The number of carbonyl (C=O) groups excluding carboxylic acids is 1. The zero-order valence-corrected chi connectivity index (χ0v) is 13.0. The van der Waals surface area contributed by atoms with E-state index in [2.05, 4.69) is 25.2 Å². The number of hydrogen-bond acceptors (Lipinski definition) is 3. The lowest BCUT2D eigenvalue weighted by Crippen LogP contribution is -2.53. The summed E-state index contributed by atoms with van der Waals surface area (Å²) in [5.74, 6) is 0.558. The van der Waals surface area contributed by atoms with Crippen LogP contribution in [0.25, 0.3) is 0 Å². The summed E-state index contributed by atoms with van der Waals surface area (Å²) >= 11 is 0. The normalized spacial score (nSPS) is 13.8. The molecule has 4 nitrogen and oxygen atoms in total. The van der Waals surface area contributed by atoms with Crippen LogP contribution in [0.1, 0.15) is 37.8 Å². The molecule has 1 aromatic carbocycles. The summed E-state index contributed by atoms with van der Waals surface area (Å²) in [6.07, 6.45) is 1.44. The van der Waals surface area contributed by atoms with Crippen LogP contribution in [-0.2, 0) is 4.79 Å². The van der Waals surface area contributed by atoms with Crippen molar-refractivity contribution in [2.24, 2.45) is 5.73 Å². The summed E-state index contributed by atoms with van der Waals surface area (Å²) < 4.78 is 5.72. The summed E-state index contributed by atoms with van der Waals surface area (Å²) in [5.41, 5.74) is 7.27. The zero-order chi connectivity index (χ0) is 15.2. The van der Waals surface area contributed by atoms with Crippen molar-refractivity contribution in [3.05, 3.63) is 29.3 Å². The van der Waals surface area contributed by atoms with E-state index in [1.165, 1.54) is 11.1 Å². The Morgan fingerprint density at radius 1 is 1.35 bits per heavy atom. The lowest BCUT2D eigenvalue weighted by Gasteiger charge is -2.26. The van der Waals surface area contributed by atoms with Gasteiger partial charge in [0.15, 0.2) is 0 Å². The Labute approximate surface area is 121 Å². The molecule has 0 aliphatic rings. The number of likely N-dealkylation sites (N-methyl/N-ethyl adjacent to an activating group) is 1. The van der Waals surface area contributed by atoms with Crippen molar-refractivity contribution >= 4 is 5.91 Å². The van der Waals surface area contributed by atoms with Crippen LogP contribution in [0.2, 0.25) is 0 Å². The Kier molecular flexibility index (Phi) is 6.02. The number of hydrogen-bond donors (Lipinski definition) is 2. The van der Waals surface area contributed by atoms with E-state index in [-0.39, 0.29) is 5.91 Å². The molecule has 20 heavy (non-hydrogen) atoms. The van der Waals surface area contributed by atoms with Gasteiger partial charge in [0.25, 0.3) is 0 Å². The van der Waals surface area contributed by atoms with Crippen LogP contribution in [0.15, 0.2) is 18.2 Å². The Balaban J connectivity index is 2.44. The van der Waals surface area contributed by atoms with Gasteiger partial charge in [0.05, 0.1) is 12.1 Å².